The molecule has 10 rings (SSSR count). The van der Waals surface area contributed by atoms with Crippen molar-refractivity contribution in [2.45, 2.75) is 6.92 Å². The number of rotatable bonds is 5. The number of aryl methyl sites for hydroxylation is 1. The van der Waals surface area contributed by atoms with E-state index >= 15 is 17.6 Å². The van der Waals surface area contributed by atoms with Gasteiger partial charge in [0.15, 0.2) is 34.9 Å². The van der Waals surface area contributed by atoms with Crippen LogP contribution >= 0.6 is 0 Å². The number of nitrogens with zero attached hydrogens (tertiary/aromatic N) is 6. The van der Waals surface area contributed by atoms with Gasteiger partial charge in [-0.25, -0.2) is 41.9 Å². The smallest absolute Gasteiger partial charge is 0.200 e. The minimum atomic E-state index is -2.24. The summed E-state index contributed by atoms with van der Waals surface area (Å²) in [4.78, 5) is 17.7. The first kappa shape index (κ1) is 33.3. The van der Waals surface area contributed by atoms with Gasteiger partial charge in [0.2, 0.25) is 5.82 Å². The van der Waals surface area contributed by atoms with Crippen molar-refractivity contribution in [1.82, 2.24) is 29.1 Å². The lowest BCUT2D eigenvalue weighted by Crippen LogP contribution is -2.08. The van der Waals surface area contributed by atoms with Gasteiger partial charge in [-0.2, -0.15) is 0 Å². The lowest BCUT2D eigenvalue weighted by atomic mass is 9.97. The number of fused-ring (bicyclic) bond motifs is 6. The average Bonchev–Trinajstić information content (AvgIpc) is 3.75. The van der Waals surface area contributed by atoms with E-state index in [1.165, 1.54) is 6.07 Å². The molecule has 10 aromatic rings. The molecule has 0 amide bonds. The molecule has 0 aliphatic heterocycles. The summed E-state index contributed by atoms with van der Waals surface area (Å²) in [5, 5.41) is 3.37. The number of hydrogen-bond donors (Lipinski definition) is 0. The molecular formula is C45H25F5N6. The van der Waals surface area contributed by atoms with Crippen LogP contribution in [0.3, 0.4) is 0 Å². The van der Waals surface area contributed by atoms with Crippen LogP contribution in [0, 0.1) is 36.0 Å². The third-order valence-corrected chi connectivity index (χ3v) is 10.3. The topological polar surface area (TPSA) is 61.4 Å². The van der Waals surface area contributed by atoms with Gasteiger partial charge in [-0.05, 0) is 61.0 Å². The zero-order valence-electron chi connectivity index (χ0n) is 29.3. The molecule has 0 unspecified atom stereocenters. The summed E-state index contributed by atoms with van der Waals surface area (Å²) in [7, 11) is 0. The highest BCUT2D eigenvalue weighted by Crippen LogP contribution is 2.43. The van der Waals surface area contributed by atoms with Crippen LogP contribution in [0.2, 0.25) is 0 Å². The Bertz CT molecular complexity index is 3180. The summed E-state index contributed by atoms with van der Waals surface area (Å²) >= 11 is 0. The van der Waals surface area contributed by atoms with Crippen molar-refractivity contribution in [1.29, 1.82) is 0 Å². The first-order chi connectivity index (χ1) is 27.3. The van der Waals surface area contributed by atoms with E-state index in [-0.39, 0.29) is 11.3 Å². The first-order valence-electron chi connectivity index (χ1n) is 17.6. The van der Waals surface area contributed by atoms with Crippen molar-refractivity contribution < 1.29 is 22.0 Å². The molecule has 0 N–H and O–H groups in total. The van der Waals surface area contributed by atoms with Gasteiger partial charge in [0.1, 0.15) is 0 Å². The summed E-state index contributed by atoms with van der Waals surface area (Å²) in [5.74, 6) is -9.26. The van der Waals surface area contributed by atoms with E-state index in [1.54, 1.807) is 47.6 Å². The van der Waals surface area contributed by atoms with Gasteiger partial charge in [-0.1, -0.05) is 60.7 Å². The Balaban J connectivity index is 1.34. The van der Waals surface area contributed by atoms with E-state index < -0.39 is 34.6 Å². The maximum absolute atomic E-state index is 16.2. The highest BCUT2D eigenvalue weighted by molar-refractivity contribution is 6.12. The fourth-order valence-electron chi connectivity index (χ4n) is 7.78. The lowest BCUT2D eigenvalue weighted by Gasteiger charge is -2.20. The number of benzene rings is 6. The second-order valence-corrected chi connectivity index (χ2v) is 13.4. The molecule has 0 aliphatic carbocycles. The van der Waals surface area contributed by atoms with Crippen LogP contribution in [-0.4, -0.2) is 29.1 Å². The summed E-state index contributed by atoms with van der Waals surface area (Å²) in [5.41, 5.74) is 4.18. The molecule has 4 aromatic heterocycles. The van der Waals surface area contributed by atoms with Crippen molar-refractivity contribution in [3.8, 4) is 45.3 Å². The molecule has 6 nitrogen and oxygen atoms in total. The molecule has 0 radical (unpaired) electrons. The summed E-state index contributed by atoms with van der Waals surface area (Å²) < 4.78 is 81.1. The maximum Gasteiger partial charge on any atom is 0.200 e. The Morgan fingerprint density at radius 3 is 1.34 bits per heavy atom. The SMILES string of the molecule is Cc1cc(-n2c3ccccc3c3ccc(-c4ncccn4)cc32)c(-c2c(F)c(F)c(F)c(F)c2F)cc1-n1c2ccccc2c2ccc(-c3ncccn3)cc21. The van der Waals surface area contributed by atoms with Crippen molar-refractivity contribution >= 4 is 43.6 Å². The zero-order valence-corrected chi connectivity index (χ0v) is 29.3. The molecule has 0 saturated carbocycles. The van der Waals surface area contributed by atoms with Gasteiger partial charge in [0, 0.05) is 68.7 Å². The molecule has 0 bridgehead atoms. The van der Waals surface area contributed by atoms with Crippen LogP contribution < -0.4 is 0 Å². The van der Waals surface area contributed by atoms with E-state index in [4.69, 9.17) is 0 Å². The summed E-state index contributed by atoms with van der Waals surface area (Å²) in [6.45, 7) is 1.85. The standard InChI is InChI=1S/C45H25F5N6/c1-24-20-35(56-33-11-5-3-9-28(33)30-15-13-26(22-37(30)56)45-53-18-7-19-54-45)31(38-39(46)41(48)43(50)42(49)40(38)47)23-34(24)55-32-10-4-2-8-27(32)29-14-12-25(21-36(29)55)44-51-16-6-17-52-44/h2-23H,1H3. The molecule has 6 aromatic carbocycles. The maximum atomic E-state index is 16.2. The van der Waals surface area contributed by atoms with E-state index in [0.29, 0.717) is 39.5 Å². The third-order valence-electron chi connectivity index (χ3n) is 10.3. The minimum absolute atomic E-state index is 0.200. The van der Waals surface area contributed by atoms with Crippen LogP contribution in [-0.2, 0) is 0 Å². The second-order valence-electron chi connectivity index (χ2n) is 13.4. The van der Waals surface area contributed by atoms with Crippen LogP contribution in [0.15, 0.2) is 134 Å². The van der Waals surface area contributed by atoms with Crippen molar-refractivity contribution in [2.75, 3.05) is 0 Å². The quantitative estimate of drug-likeness (QED) is 0.100. The van der Waals surface area contributed by atoms with Gasteiger partial charge in [-0.3, -0.25) is 0 Å². The fourth-order valence-corrected chi connectivity index (χ4v) is 7.78. The van der Waals surface area contributed by atoms with Gasteiger partial charge in [-0.15, -0.1) is 0 Å². The Morgan fingerprint density at radius 1 is 0.411 bits per heavy atom. The molecule has 56 heavy (non-hydrogen) atoms. The van der Waals surface area contributed by atoms with Crippen molar-refractivity contribution in [3.05, 3.63) is 169 Å². The minimum Gasteiger partial charge on any atom is -0.309 e. The number of para-hydroxylation sites is 2. The van der Waals surface area contributed by atoms with E-state index in [9.17, 15) is 4.39 Å². The Kier molecular flexibility index (Phi) is 7.53. The highest BCUT2D eigenvalue weighted by atomic mass is 19.2. The van der Waals surface area contributed by atoms with Crippen LogP contribution in [0.1, 0.15) is 5.56 Å². The lowest BCUT2D eigenvalue weighted by molar-refractivity contribution is 0.381. The van der Waals surface area contributed by atoms with Crippen molar-refractivity contribution in [3.63, 3.8) is 0 Å². The van der Waals surface area contributed by atoms with E-state index in [0.717, 1.165) is 38.1 Å². The predicted molar refractivity (Wildman–Crippen MR) is 207 cm³/mol. The molecule has 0 atom stereocenters. The van der Waals surface area contributed by atoms with E-state index in [2.05, 4.69) is 19.9 Å². The number of halogens is 5. The van der Waals surface area contributed by atoms with Crippen LogP contribution in [0.4, 0.5) is 22.0 Å². The third kappa shape index (κ3) is 4.93. The normalized spacial score (nSPS) is 11.8. The molecular weight excluding hydrogens is 720 g/mol. The Hall–Kier alpha value is -7.27. The Labute approximate surface area is 314 Å². The Morgan fingerprint density at radius 2 is 0.839 bits per heavy atom. The molecule has 11 heteroatoms. The molecule has 270 valence electrons. The molecule has 0 aliphatic rings. The molecule has 4 heterocycles. The van der Waals surface area contributed by atoms with Gasteiger partial charge in [0.25, 0.3) is 0 Å². The number of aromatic nitrogens is 6. The molecule has 0 fully saturated rings. The monoisotopic (exact) mass is 744 g/mol. The molecule has 0 spiro atoms. The highest BCUT2D eigenvalue weighted by Gasteiger charge is 2.30. The van der Waals surface area contributed by atoms with Gasteiger partial charge in [0.05, 0.1) is 33.3 Å². The first-order valence-corrected chi connectivity index (χ1v) is 17.6. The molecule has 0 saturated heterocycles. The van der Waals surface area contributed by atoms with E-state index in [1.807, 2.05) is 96.4 Å². The van der Waals surface area contributed by atoms with Crippen molar-refractivity contribution in [2.24, 2.45) is 0 Å². The largest absolute Gasteiger partial charge is 0.309 e. The van der Waals surface area contributed by atoms with Gasteiger partial charge < -0.3 is 9.13 Å². The van der Waals surface area contributed by atoms with Crippen LogP contribution in [0.5, 0.6) is 0 Å². The van der Waals surface area contributed by atoms with Gasteiger partial charge >= 0.3 is 0 Å². The summed E-state index contributed by atoms with van der Waals surface area (Å²) in [6.07, 6.45) is 6.53. The second kappa shape index (κ2) is 12.7. The predicted octanol–water partition coefficient (Wildman–Crippen LogP) is 11.5. The fraction of sp³-hybridized carbons (Fsp3) is 0.0222. The summed E-state index contributed by atoms with van der Waals surface area (Å²) in [6, 6.07) is 33.2. The zero-order chi connectivity index (χ0) is 38.2. The number of hydrogen-bond acceptors (Lipinski definition) is 4. The average molecular weight is 745 g/mol. The van der Waals surface area contributed by atoms with Crippen LogP contribution in [0.25, 0.3) is 88.9 Å².